The van der Waals surface area contributed by atoms with Gasteiger partial charge in [-0.2, -0.15) is 11.8 Å². The van der Waals surface area contributed by atoms with Gasteiger partial charge in [-0.3, -0.25) is 9.78 Å². The van der Waals surface area contributed by atoms with Crippen molar-refractivity contribution in [1.82, 2.24) is 10.3 Å². The number of nitrogens with zero attached hydrogens (tertiary/aromatic N) is 1. The lowest BCUT2D eigenvalue weighted by Gasteiger charge is -2.22. The van der Waals surface area contributed by atoms with Crippen LogP contribution in [0.2, 0.25) is 5.02 Å². The zero-order chi connectivity index (χ0) is 15.5. The molecule has 0 saturated heterocycles. The van der Waals surface area contributed by atoms with Crippen molar-refractivity contribution in [3.63, 3.8) is 0 Å². The smallest absolute Gasteiger partial charge is 0.253 e. The van der Waals surface area contributed by atoms with Crippen LogP contribution in [0.3, 0.4) is 0 Å². The van der Waals surface area contributed by atoms with Gasteiger partial charge in [-0.1, -0.05) is 11.6 Å². The number of fused-ring (bicyclic) bond motifs is 1. The minimum absolute atomic E-state index is 0.184. The number of thioether (sulfide) groups is 1. The SMILES string of the molecule is CSC[C@@](C)(O)CNC(=O)c1ccc(Cl)c2cccnc12. The number of aromatic nitrogens is 1. The van der Waals surface area contributed by atoms with E-state index in [0.717, 1.165) is 5.39 Å². The summed E-state index contributed by atoms with van der Waals surface area (Å²) in [7, 11) is 0. The van der Waals surface area contributed by atoms with E-state index < -0.39 is 5.60 Å². The summed E-state index contributed by atoms with van der Waals surface area (Å²) in [6.07, 6.45) is 3.53. The third kappa shape index (κ3) is 3.87. The summed E-state index contributed by atoms with van der Waals surface area (Å²) < 4.78 is 0. The van der Waals surface area contributed by atoms with E-state index in [4.69, 9.17) is 11.6 Å². The van der Waals surface area contributed by atoms with E-state index in [1.807, 2.05) is 12.3 Å². The van der Waals surface area contributed by atoms with Gasteiger partial charge in [0.25, 0.3) is 5.91 Å². The Morgan fingerprint density at radius 2 is 2.24 bits per heavy atom. The largest absolute Gasteiger partial charge is 0.387 e. The minimum Gasteiger partial charge on any atom is -0.387 e. The Balaban J connectivity index is 2.23. The number of nitrogens with one attached hydrogen (secondary N) is 1. The number of amides is 1. The van der Waals surface area contributed by atoms with Crippen LogP contribution in [0.15, 0.2) is 30.5 Å². The monoisotopic (exact) mass is 324 g/mol. The fourth-order valence-corrected chi connectivity index (χ4v) is 2.99. The Morgan fingerprint density at radius 3 is 2.95 bits per heavy atom. The first-order valence-corrected chi connectivity index (χ1v) is 8.24. The highest BCUT2D eigenvalue weighted by Gasteiger charge is 2.21. The van der Waals surface area contributed by atoms with Crippen molar-refractivity contribution in [2.45, 2.75) is 12.5 Å². The topological polar surface area (TPSA) is 62.2 Å². The van der Waals surface area contributed by atoms with Crippen molar-refractivity contribution in [3.8, 4) is 0 Å². The van der Waals surface area contributed by atoms with Crippen molar-refractivity contribution in [2.24, 2.45) is 0 Å². The lowest BCUT2D eigenvalue weighted by molar-refractivity contribution is 0.0726. The van der Waals surface area contributed by atoms with Crippen molar-refractivity contribution in [3.05, 3.63) is 41.0 Å². The number of hydrogen-bond acceptors (Lipinski definition) is 4. The first-order chi connectivity index (χ1) is 9.94. The molecule has 112 valence electrons. The van der Waals surface area contributed by atoms with E-state index in [1.165, 1.54) is 11.8 Å². The molecule has 2 rings (SSSR count). The number of hydrogen-bond donors (Lipinski definition) is 2. The number of rotatable bonds is 5. The molecule has 0 unspecified atom stereocenters. The standard InChI is InChI=1S/C15H17ClN2O2S/c1-15(20,9-21-2)8-18-14(19)11-5-6-12(16)10-4-3-7-17-13(10)11/h3-7,20H,8-9H2,1-2H3,(H,18,19)/t15-/m0/s1. The van der Waals surface area contributed by atoms with Gasteiger partial charge >= 0.3 is 0 Å². The quantitative estimate of drug-likeness (QED) is 0.887. The molecule has 1 atom stereocenters. The van der Waals surface area contributed by atoms with Crippen LogP contribution in [-0.2, 0) is 0 Å². The van der Waals surface area contributed by atoms with Gasteiger partial charge in [0.2, 0.25) is 0 Å². The van der Waals surface area contributed by atoms with Gasteiger partial charge in [-0.15, -0.1) is 0 Å². The van der Waals surface area contributed by atoms with Crippen LogP contribution >= 0.6 is 23.4 Å². The number of carbonyl (C=O) groups excluding carboxylic acids is 1. The summed E-state index contributed by atoms with van der Waals surface area (Å²) in [4.78, 5) is 16.5. The molecule has 1 heterocycles. The second kappa shape index (κ2) is 6.64. The molecule has 6 heteroatoms. The summed E-state index contributed by atoms with van der Waals surface area (Å²) >= 11 is 7.64. The van der Waals surface area contributed by atoms with E-state index in [1.54, 1.807) is 31.3 Å². The first kappa shape index (κ1) is 16.1. The molecule has 4 nitrogen and oxygen atoms in total. The molecule has 0 fully saturated rings. The molecule has 0 saturated carbocycles. The average molecular weight is 325 g/mol. The lowest BCUT2D eigenvalue weighted by atomic mass is 10.1. The Hall–Kier alpha value is -1.30. The molecule has 0 aliphatic carbocycles. The Kier molecular flexibility index (Phi) is 5.08. The lowest BCUT2D eigenvalue weighted by Crippen LogP contribution is -2.42. The van der Waals surface area contributed by atoms with Crippen LogP contribution in [0.25, 0.3) is 10.9 Å². The third-order valence-electron chi connectivity index (χ3n) is 3.05. The molecule has 2 N–H and O–H groups in total. The fourth-order valence-electron chi connectivity index (χ4n) is 2.05. The van der Waals surface area contributed by atoms with Gasteiger partial charge in [0.15, 0.2) is 0 Å². The zero-order valence-electron chi connectivity index (χ0n) is 11.9. The summed E-state index contributed by atoms with van der Waals surface area (Å²) in [5.74, 6) is 0.282. The molecule has 2 aromatic rings. The molecular formula is C15H17ClN2O2S. The molecule has 1 aromatic heterocycles. The molecule has 0 spiro atoms. The maximum Gasteiger partial charge on any atom is 0.253 e. The molecule has 1 aromatic carbocycles. The van der Waals surface area contributed by atoms with Crippen LogP contribution < -0.4 is 5.32 Å². The molecule has 21 heavy (non-hydrogen) atoms. The molecule has 0 radical (unpaired) electrons. The van der Waals surface area contributed by atoms with Gasteiger partial charge in [0, 0.05) is 23.9 Å². The molecule has 1 amide bonds. The first-order valence-electron chi connectivity index (χ1n) is 6.47. The number of benzene rings is 1. The Labute approximate surface area is 132 Å². The van der Waals surface area contributed by atoms with E-state index in [2.05, 4.69) is 10.3 Å². The maximum absolute atomic E-state index is 12.3. The van der Waals surface area contributed by atoms with Crippen LogP contribution in [0, 0.1) is 0 Å². The van der Waals surface area contributed by atoms with Gasteiger partial charge in [-0.25, -0.2) is 0 Å². The molecule has 0 bridgehead atoms. The van der Waals surface area contributed by atoms with Crippen LogP contribution in [0.5, 0.6) is 0 Å². The summed E-state index contributed by atoms with van der Waals surface area (Å²) in [6.45, 7) is 1.88. The van der Waals surface area contributed by atoms with Crippen molar-refractivity contribution >= 4 is 40.2 Å². The molecule has 0 aliphatic rings. The van der Waals surface area contributed by atoms with Gasteiger partial charge in [0.1, 0.15) is 0 Å². The Morgan fingerprint density at radius 1 is 1.48 bits per heavy atom. The number of aliphatic hydroxyl groups is 1. The van der Waals surface area contributed by atoms with Crippen molar-refractivity contribution in [2.75, 3.05) is 18.6 Å². The van der Waals surface area contributed by atoms with Gasteiger partial charge < -0.3 is 10.4 Å². The van der Waals surface area contributed by atoms with Gasteiger partial charge in [-0.05, 0) is 37.4 Å². The summed E-state index contributed by atoms with van der Waals surface area (Å²) in [5.41, 5.74) is 0.0760. The molecular weight excluding hydrogens is 308 g/mol. The average Bonchev–Trinajstić information content (AvgIpc) is 2.46. The van der Waals surface area contributed by atoms with Crippen LogP contribution in [-0.4, -0.2) is 40.2 Å². The van der Waals surface area contributed by atoms with E-state index in [0.29, 0.717) is 21.9 Å². The summed E-state index contributed by atoms with van der Waals surface area (Å²) in [6, 6.07) is 6.93. The highest BCUT2D eigenvalue weighted by Crippen LogP contribution is 2.24. The fraction of sp³-hybridized carbons (Fsp3) is 0.333. The predicted molar refractivity (Wildman–Crippen MR) is 88.1 cm³/mol. The highest BCUT2D eigenvalue weighted by molar-refractivity contribution is 7.98. The van der Waals surface area contributed by atoms with Crippen molar-refractivity contribution < 1.29 is 9.90 Å². The van der Waals surface area contributed by atoms with E-state index in [9.17, 15) is 9.90 Å². The van der Waals surface area contributed by atoms with Crippen LogP contribution in [0.4, 0.5) is 0 Å². The van der Waals surface area contributed by atoms with Gasteiger partial charge in [0.05, 0.1) is 21.7 Å². The van der Waals surface area contributed by atoms with Crippen molar-refractivity contribution in [1.29, 1.82) is 0 Å². The van der Waals surface area contributed by atoms with E-state index in [-0.39, 0.29) is 12.5 Å². The van der Waals surface area contributed by atoms with E-state index >= 15 is 0 Å². The second-order valence-electron chi connectivity index (χ2n) is 5.11. The zero-order valence-corrected chi connectivity index (χ0v) is 13.5. The molecule has 0 aliphatic heterocycles. The third-order valence-corrected chi connectivity index (χ3v) is 4.29. The highest BCUT2D eigenvalue weighted by atomic mass is 35.5. The number of halogens is 1. The minimum atomic E-state index is -0.940. The Bertz CT molecular complexity index is 661. The second-order valence-corrected chi connectivity index (χ2v) is 6.38. The summed E-state index contributed by atoms with van der Waals surface area (Å²) in [5, 5.41) is 14.1. The maximum atomic E-state index is 12.3. The number of carbonyl (C=O) groups is 1. The normalized spacial score (nSPS) is 13.9. The van der Waals surface area contributed by atoms with Crippen LogP contribution in [0.1, 0.15) is 17.3 Å². The predicted octanol–water partition coefficient (Wildman–Crippen LogP) is 2.73. The number of pyridine rings is 1.